The average molecular weight is 460 g/mol. The van der Waals surface area contributed by atoms with Crippen molar-refractivity contribution < 1.29 is 22.4 Å². The number of anilines is 1. The van der Waals surface area contributed by atoms with Gasteiger partial charge in [0.15, 0.2) is 5.69 Å². The van der Waals surface area contributed by atoms with E-state index in [1.54, 1.807) is 24.3 Å². The number of halogens is 5. The van der Waals surface area contributed by atoms with E-state index in [4.69, 9.17) is 11.6 Å². The van der Waals surface area contributed by atoms with Crippen molar-refractivity contribution in [1.29, 1.82) is 0 Å². The average Bonchev–Trinajstić information content (AvgIpc) is 3.20. The summed E-state index contributed by atoms with van der Waals surface area (Å²) in [5, 5.41) is 6.50. The van der Waals surface area contributed by atoms with Crippen LogP contribution in [0.3, 0.4) is 0 Å². The molecule has 4 aromatic rings. The molecule has 0 radical (unpaired) electrons. The largest absolute Gasteiger partial charge is 0.435 e. The Labute approximate surface area is 185 Å². The predicted octanol–water partition coefficient (Wildman–Crippen LogP) is 6.60. The number of carbonyl (C=O) groups excluding carboxylic acids is 1. The molecule has 1 heterocycles. The van der Waals surface area contributed by atoms with Gasteiger partial charge in [0.25, 0.3) is 5.91 Å². The first-order chi connectivity index (χ1) is 15.2. The fourth-order valence-electron chi connectivity index (χ4n) is 3.09. The standard InChI is InChI=1S/C23H14ClF4N3O/c24-18-6-1-2-7-19(18)31-20(13-21(30-31)23(26,27)28)14-8-10-15(11-9-14)22(32)29-17-5-3-4-16(25)12-17/h1-13H,(H,29,32). The number of amides is 1. The van der Waals surface area contributed by atoms with Gasteiger partial charge in [0.2, 0.25) is 0 Å². The van der Waals surface area contributed by atoms with E-state index in [1.165, 1.54) is 48.5 Å². The number of benzene rings is 3. The monoisotopic (exact) mass is 459 g/mol. The van der Waals surface area contributed by atoms with Gasteiger partial charge in [-0.05, 0) is 48.5 Å². The first-order valence-electron chi connectivity index (χ1n) is 9.32. The SMILES string of the molecule is O=C(Nc1cccc(F)c1)c1ccc(-c2cc(C(F)(F)F)nn2-c2ccccc2Cl)cc1. The summed E-state index contributed by atoms with van der Waals surface area (Å²) in [7, 11) is 0. The molecule has 4 rings (SSSR count). The Morgan fingerprint density at radius 1 is 0.938 bits per heavy atom. The van der Waals surface area contributed by atoms with Gasteiger partial charge in [-0.15, -0.1) is 0 Å². The third-order valence-corrected chi connectivity index (χ3v) is 4.93. The van der Waals surface area contributed by atoms with Crippen molar-refractivity contribution in [1.82, 2.24) is 9.78 Å². The minimum atomic E-state index is -4.65. The molecule has 0 saturated carbocycles. The van der Waals surface area contributed by atoms with Crippen molar-refractivity contribution in [2.45, 2.75) is 6.18 Å². The Morgan fingerprint density at radius 3 is 2.31 bits per heavy atom. The summed E-state index contributed by atoms with van der Waals surface area (Å²) in [6.07, 6.45) is -4.65. The van der Waals surface area contributed by atoms with E-state index < -0.39 is 23.6 Å². The molecular weight excluding hydrogens is 446 g/mol. The van der Waals surface area contributed by atoms with Gasteiger partial charge < -0.3 is 5.32 Å². The van der Waals surface area contributed by atoms with Crippen LogP contribution in [0.5, 0.6) is 0 Å². The highest BCUT2D eigenvalue weighted by molar-refractivity contribution is 6.32. The molecule has 162 valence electrons. The number of para-hydroxylation sites is 1. The smallest absolute Gasteiger partial charge is 0.322 e. The third-order valence-electron chi connectivity index (χ3n) is 4.61. The van der Waals surface area contributed by atoms with Crippen LogP contribution in [-0.2, 0) is 6.18 Å². The van der Waals surface area contributed by atoms with Crippen LogP contribution < -0.4 is 5.32 Å². The molecule has 0 spiro atoms. The van der Waals surface area contributed by atoms with E-state index in [2.05, 4.69) is 10.4 Å². The molecule has 3 aromatic carbocycles. The third kappa shape index (κ3) is 4.50. The van der Waals surface area contributed by atoms with Crippen molar-refractivity contribution in [3.05, 3.63) is 101 Å². The fourth-order valence-corrected chi connectivity index (χ4v) is 3.31. The van der Waals surface area contributed by atoms with E-state index in [1.807, 2.05) is 0 Å². The predicted molar refractivity (Wildman–Crippen MR) is 113 cm³/mol. The number of rotatable bonds is 4. The first-order valence-corrected chi connectivity index (χ1v) is 9.70. The molecule has 0 atom stereocenters. The van der Waals surface area contributed by atoms with Crippen molar-refractivity contribution >= 4 is 23.2 Å². The zero-order valence-corrected chi connectivity index (χ0v) is 17.0. The minimum Gasteiger partial charge on any atom is -0.322 e. The van der Waals surface area contributed by atoms with E-state index >= 15 is 0 Å². The Morgan fingerprint density at radius 2 is 1.66 bits per heavy atom. The lowest BCUT2D eigenvalue weighted by Gasteiger charge is -2.10. The molecule has 0 aliphatic heterocycles. The Kier molecular flexibility index (Phi) is 5.71. The molecule has 0 aliphatic carbocycles. The molecule has 0 fully saturated rings. The van der Waals surface area contributed by atoms with Gasteiger partial charge in [-0.2, -0.15) is 18.3 Å². The number of hydrogen-bond acceptors (Lipinski definition) is 2. The van der Waals surface area contributed by atoms with Crippen LogP contribution in [0.2, 0.25) is 5.02 Å². The van der Waals surface area contributed by atoms with Gasteiger partial charge in [0, 0.05) is 16.8 Å². The number of nitrogens with zero attached hydrogens (tertiary/aromatic N) is 2. The zero-order chi connectivity index (χ0) is 22.9. The Hall–Kier alpha value is -3.65. The maximum absolute atomic E-state index is 13.3. The van der Waals surface area contributed by atoms with Gasteiger partial charge in [-0.3, -0.25) is 4.79 Å². The van der Waals surface area contributed by atoms with Crippen LogP contribution in [0, 0.1) is 5.82 Å². The summed E-state index contributed by atoms with van der Waals surface area (Å²) in [6, 6.07) is 18.7. The lowest BCUT2D eigenvalue weighted by atomic mass is 10.1. The Balaban J connectivity index is 1.68. The van der Waals surface area contributed by atoms with E-state index in [-0.39, 0.29) is 27.7 Å². The Bertz CT molecular complexity index is 1280. The highest BCUT2D eigenvalue weighted by Crippen LogP contribution is 2.34. The zero-order valence-electron chi connectivity index (χ0n) is 16.2. The summed E-state index contributed by atoms with van der Waals surface area (Å²) in [6.45, 7) is 0. The van der Waals surface area contributed by atoms with Gasteiger partial charge in [0.05, 0.1) is 16.4 Å². The molecule has 0 unspecified atom stereocenters. The molecule has 1 amide bonds. The van der Waals surface area contributed by atoms with E-state index in [0.717, 1.165) is 10.7 Å². The van der Waals surface area contributed by atoms with Crippen LogP contribution in [0.1, 0.15) is 16.1 Å². The molecule has 9 heteroatoms. The van der Waals surface area contributed by atoms with Gasteiger partial charge in [0.1, 0.15) is 5.82 Å². The summed E-state index contributed by atoms with van der Waals surface area (Å²) in [5.41, 5.74) is 0.300. The number of alkyl halides is 3. The van der Waals surface area contributed by atoms with Gasteiger partial charge >= 0.3 is 6.18 Å². The second kappa shape index (κ2) is 8.47. The molecule has 0 saturated heterocycles. The number of nitrogens with one attached hydrogen (secondary N) is 1. The van der Waals surface area contributed by atoms with Crippen molar-refractivity contribution in [3.63, 3.8) is 0 Å². The van der Waals surface area contributed by atoms with Crippen LogP contribution in [0.4, 0.5) is 23.2 Å². The van der Waals surface area contributed by atoms with Gasteiger partial charge in [-0.1, -0.05) is 41.9 Å². The van der Waals surface area contributed by atoms with Crippen LogP contribution in [-0.4, -0.2) is 15.7 Å². The van der Waals surface area contributed by atoms with Gasteiger partial charge in [-0.25, -0.2) is 9.07 Å². The first kappa shape index (κ1) is 21.6. The lowest BCUT2D eigenvalue weighted by molar-refractivity contribution is -0.141. The highest BCUT2D eigenvalue weighted by atomic mass is 35.5. The maximum Gasteiger partial charge on any atom is 0.435 e. The van der Waals surface area contributed by atoms with Crippen LogP contribution in [0.25, 0.3) is 16.9 Å². The maximum atomic E-state index is 13.3. The molecule has 32 heavy (non-hydrogen) atoms. The summed E-state index contributed by atoms with van der Waals surface area (Å²) >= 11 is 6.17. The van der Waals surface area contributed by atoms with E-state index in [9.17, 15) is 22.4 Å². The minimum absolute atomic E-state index is 0.155. The number of hydrogen-bond donors (Lipinski definition) is 1. The van der Waals surface area contributed by atoms with Crippen molar-refractivity contribution in [3.8, 4) is 16.9 Å². The summed E-state index contributed by atoms with van der Waals surface area (Å²) in [4.78, 5) is 12.4. The molecule has 4 nitrogen and oxygen atoms in total. The van der Waals surface area contributed by atoms with Crippen molar-refractivity contribution in [2.75, 3.05) is 5.32 Å². The van der Waals surface area contributed by atoms with E-state index in [0.29, 0.717) is 5.56 Å². The summed E-state index contributed by atoms with van der Waals surface area (Å²) in [5.74, 6) is -0.982. The topological polar surface area (TPSA) is 46.9 Å². The highest BCUT2D eigenvalue weighted by Gasteiger charge is 2.35. The summed E-state index contributed by atoms with van der Waals surface area (Å²) < 4.78 is 54.4. The molecule has 0 bridgehead atoms. The normalized spacial score (nSPS) is 11.4. The van der Waals surface area contributed by atoms with Crippen LogP contribution in [0.15, 0.2) is 78.9 Å². The molecule has 0 aliphatic rings. The number of aromatic nitrogens is 2. The quantitative estimate of drug-likeness (QED) is 0.349. The molecule has 1 aromatic heterocycles. The fraction of sp³-hybridized carbons (Fsp3) is 0.0435. The molecule has 1 N–H and O–H groups in total. The number of carbonyl (C=O) groups is 1. The van der Waals surface area contributed by atoms with Crippen LogP contribution >= 0.6 is 11.6 Å². The second-order valence-corrected chi connectivity index (χ2v) is 7.22. The lowest BCUT2D eigenvalue weighted by Crippen LogP contribution is -2.11. The molecular formula is C23H14ClF4N3O. The second-order valence-electron chi connectivity index (χ2n) is 6.82. The van der Waals surface area contributed by atoms with Crippen molar-refractivity contribution in [2.24, 2.45) is 0 Å².